The number of carbonyl (C=O) groups is 1. The summed E-state index contributed by atoms with van der Waals surface area (Å²) < 4.78 is 22.9. The second-order valence-corrected chi connectivity index (χ2v) is 8.29. The highest BCUT2D eigenvalue weighted by atomic mass is 32.2. The summed E-state index contributed by atoms with van der Waals surface area (Å²) >= 11 is 1.60. The van der Waals surface area contributed by atoms with E-state index in [0.29, 0.717) is 6.42 Å². The lowest BCUT2D eigenvalue weighted by atomic mass is 10.1. The predicted octanol–water partition coefficient (Wildman–Crippen LogP) is 2.79. The SMILES string of the molecule is O=C(Nc1ccccc1-c1cccs1)C1CCS(=O)(=O)C1. The smallest absolute Gasteiger partial charge is 0.228 e. The van der Waals surface area contributed by atoms with Crippen LogP contribution in [0.3, 0.4) is 0 Å². The van der Waals surface area contributed by atoms with Gasteiger partial charge in [0.2, 0.25) is 5.91 Å². The Morgan fingerprint density at radius 3 is 2.67 bits per heavy atom. The zero-order chi connectivity index (χ0) is 14.9. The average molecular weight is 321 g/mol. The highest BCUT2D eigenvalue weighted by Gasteiger charge is 2.33. The number of para-hydroxylation sites is 1. The lowest BCUT2D eigenvalue weighted by Crippen LogP contribution is -2.23. The molecule has 1 unspecified atom stereocenters. The first-order valence-electron chi connectivity index (χ1n) is 6.69. The van der Waals surface area contributed by atoms with Gasteiger partial charge in [-0.1, -0.05) is 24.3 Å². The topological polar surface area (TPSA) is 63.2 Å². The van der Waals surface area contributed by atoms with E-state index in [1.54, 1.807) is 11.3 Å². The molecule has 0 aliphatic carbocycles. The minimum atomic E-state index is -3.04. The molecule has 21 heavy (non-hydrogen) atoms. The van der Waals surface area contributed by atoms with Crippen LogP contribution in [0, 0.1) is 5.92 Å². The van der Waals surface area contributed by atoms with E-state index >= 15 is 0 Å². The molecule has 6 heteroatoms. The number of benzene rings is 1. The number of carbonyl (C=O) groups excluding carboxylic acids is 1. The van der Waals surface area contributed by atoms with Gasteiger partial charge < -0.3 is 5.32 Å². The quantitative estimate of drug-likeness (QED) is 0.945. The van der Waals surface area contributed by atoms with Gasteiger partial charge in [0.1, 0.15) is 0 Å². The van der Waals surface area contributed by atoms with E-state index in [1.807, 2.05) is 41.8 Å². The number of hydrogen-bond donors (Lipinski definition) is 1. The molecule has 2 heterocycles. The maximum atomic E-state index is 12.3. The molecule has 0 saturated carbocycles. The molecule has 0 radical (unpaired) electrons. The summed E-state index contributed by atoms with van der Waals surface area (Å²) in [5, 5.41) is 4.87. The molecular weight excluding hydrogens is 306 g/mol. The summed E-state index contributed by atoms with van der Waals surface area (Å²) in [4.78, 5) is 13.3. The predicted molar refractivity (Wildman–Crippen MR) is 85.1 cm³/mol. The van der Waals surface area contributed by atoms with Crippen molar-refractivity contribution in [1.29, 1.82) is 0 Å². The summed E-state index contributed by atoms with van der Waals surface area (Å²) in [5.74, 6) is -0.580. The van der Waals surface area contributed by atoms with Crippen LogP contribution >= 0.6 is 11.3 Å². The molecule has 4 nitrogen and oxygen atoms in total. The molecule has 0 bridgehead atoms. The number of nitrogens with one attached hydrogen (secondary N) is 1. The van der Waals surface area contributed by atoms with Crippen LogP contribution in [0.15, 0.2) is 41.8 Å². The van der Waals surface area contributed by atoms with Crippen molar-refractivity contribution in [2.45, 2.75) is 6.42 Å². The Hall–Kier alpha value is -1.66. The Morgan fingerprint density at radius 1 is 1.19 bits per heavy atom. The van der Waals surface area contributed by atoms with Crippen LogP contribution in [0.1, 0.15) is 6.42 Å². The average Bonchev–Trinajstić information content (AvgIpc) is 3.08. The number of rotatable bonds is 3. The standard InChI is InChI=1S/C15H15NO3S2/c17-15(11-7-9-21(18,19)10-11)16-13-5-2-1-4-12(13)14-6-3-8-20-14/h1-6,8,11H,7,9-10H2,(H,16,17). The molecule has 1 fully saturated rings. The van der Waals surface area contributed by atoms with Gasteiger partial charge in [-0.2, -0.15) is 0 Å². The first kappa shape index (κ1) is 14.3. The summed E-state index contributed by atoms with van der Waals surface area (Å²) in [6.45, 7) is 0. The third-order valence-corrected chi connectivity index (χ3v) is 6.25. The minimum Gasteiger partial charge on any atom is -0.325 e. The second-order valence-electron chi connectivity index (χ2n) is 5.11. The molecule has 1 aliphatic heterocycles. The Labute approximate surface area is 127 Å². The number of thiophene rings is 1. The van der Waals surface area contributed by atoms with Crippen molar-refractivity contribution >= 4 is 32.8 Å². The van der Waals surface area contributed by atoms with Gasteiger partial charge in [0.25, 0.3) is 0 Å². The molecule has 1 amide bonds. The van der Waals surface area contributed by atoms with Crippen LogP contribution in [0.4, 0.5) is 5.69 Å². The van der Waals surface area contributed by atoms with Gasteiger partial charge in [0, 0.05) is 16.1 Å². The Balaban J connectivity index is 1.81. The fraction of sp³-hybridized carbons (Fsp3) is 0.267. The van der Waals surface area contributed by atoms with Crippen molar-refractivity contribution in [3.05, 3.63) is 41.8 Å². The Kier molecular flexibility index (Phi) is 3.82. The normalized spacial score (nSPS) is 20.3. The van der Waals surface area contributed by atoms with E-state index in [1.165, 1.54) is 0 Å². The van der Waals surface area contributed by atoms with Crippen molar-refractivity contribution in [2.75, 3.05) is 16.8 Å². The molecular formula is C15H15NO3S2. The monoisotopic (exact) mass is 321 g/mol. The summed E-state index contributed by atoms with van der Waals surface area (Å²) in [7, 11) is -3.04. The van der Waals surface area contributed by atoms with Gasteiger partial charge in [-0.25, -0.2) is 8.42 Å². The van der Waals surface area contributed by atoms with E-state index in [2.05, 4.69) is 5.32 Å². The van der Waals surface area contributed by atoms with Crippen molar-refractivity contribution < 1.29 is 13.2 Å². The van der Waals surface area contributed by atoms with E-state index in [0.717, 1.165) is 16.1 Å². The molecule has 3 rings (SSSR count). The summed E-state index contributed by atoms with van der Waals surface area (Å²) in [6, 6.07) is 11.5. The van der Waals surface area contributed by atoms with Crippen LogP contribution in [0.5, 0.6) is 0 Å². The van der Waals surface area contributed by atoms with Crippen LogP contribution in [0.25, 0.3) is 10.4 Å². The molecule has 1 aromatic carbocycles. The zero-order valence-electron chi connectivity index (χ0n) is 11.3. The Bertz CT molecular complexity index is 751. The highest BCUT2D eigenvalue weighted by Crippen LogP contribution is 2.32. The lowest BCUT2D eigenvalue weighted by Gasteiger charge is -2.12. The third kappa shape index (κ3) is 3.16. The fourth-order valence-corrected chi connectivity index (χ4v) is 4.98. The molecule has 0 spiro atoms. The van der Waals surface area contributed by atoms with Crippen molar-refractivity contribution in [1.82, 2.24) is 0 Å². The van der Waals surface area contributed by atoms with Crippen LogP contribution in [-0.2, 0) is 14.6 Å². The molecule has 1 saturated heterocycles. The van der Waals surface area contributed by atoms with E-state index < -0.39 is 15.8 Å². The molecule has 1 aromatic heterocycles. The zero-order valence-corrected chi connectivity index (χ0v) is 12.9. The third-order valence-electron chi connectivity index (χ3n) is 3.57. The van der Waals surface area contributed by atoms with Gasteiger partial charge in [0.15, 0.2) is 9.84 Å². The Morgan fingerprint density at radius 2 is 2.00 bits per heavy atom. The highest BCUT2D eigenvalue weighted by molar-refractivity contribution is 7.91. The van der Waals surface area contributed by atoms with Gasteiger partial charge in [-0.15, -0.1) is 11.3 Å². The van der Waals surface area contributed by atoms with E-state index in [-0.39, 0.29) is 17.4 Å². The lowest BCUT2D eigenvalue weighted by molar-refractivity contribution is -0.119. The van der Waals surface area contributed by atoms with Crippen molar-refractivity contribution in [2.24, 2.45) is 5.92 Å². The van der Waals surface area contributed by atoms with Crippen molar-refractivity contribution in [3.8, 4) is 10.4 Å². The van der Waals surface area contributed by atoms with Crippen LogP contribution < -0.4 is 5.32 Å². The molecule has 1 N–H and O–H groups in total. The van der Waals surface area contributed by atoms with Gasteiger partial charge in [0.05, 0.1) is 17.4 Å². The molecule has 2 aromatic rings. The van der Waals surface area contributed by atoms with Crippen LogP contribution in [-0.4, -0.2) is 25.8 Å². The fourth-order valence-electron chi connectivity index (χ4n) is 2.48. The van der Waals surface area contributed by atoms with Crippen molar-refractivity contribution in [3.63, 3.8) is 0 Å². The second kappa shape index (κ2) is 5.61. The summed E-state index contributed by atoms with van der Waals surface area (Å²) in [5.41, 5.74) is 1.69. The van der Waals surface area contributed by atoms with E-state index in [4.69, 9.17) is 0 Å². The van der Waals surface area contributed by atoms with Crippen LogP contribution in [0.2, 0.25) is 0 Å². The van der Waals surface area contributed by atoms with Gasteiger partial charge in [-0.05, 0) is 23.9 Å². The van der Waals surface area contributed by atoms with Gasteiger partial charge >= 0.3 is 0 Å². The van der Waals surface area contributed by atoms with Gasteiger partial charge in [-0.3, -0.25) is 4.79 Å². The number of anilines is 1. The first-order valence-corrected chi connectivity index (χ1v) is 9.39. The molecule has 1 atom stereocenters. The number of amides is 1. The number of hydrogen-bond acceptors (Lipinski definition) is 4. The molecule has 110 valence electrons. The number of sulfone groups is 1. The largest absolute Gasteiger partial charge is 0.325 e. The summed E-state index contributed by atoms with van der Waals surface area (Å²) in [6.07, 6.45) is 0.412. The maximum absolute atomic E-state index is 12.3. The maximum Gasteiger partial charge on any atom is 0.228 e. The van der Waals surface area contributed by atoms with E-state index in [9.17, 15) is 13.2 Å². The minimum absolute atomic E-state index is 0.0417. The first-order chi connectivity index (χ1) is 10.1. The molecule has 1 aliphatic rings.